The smallest absolute Gasteiger partial charge is 0.317 e. The van der Waals surface area contributed by atoms with Gasteiger partial charge in [-0.05, 0) is 19.3 Å². The van der Waals surface area contributed by atoms with Crippen LogP contribution in [0.3, 0.4) is 0 Å². The average molecular weight is 195 g/mol. The third-order valence-electron chi connectivity index (χ3n) is 2.40. The maximum Gasteiger partial charge on any atom is 0.317 e. The van der Waals surface area contributed by atoms with Gasteiger partial charge in [-0.2, -0.15) is 0 Å². The first-order chi connectivity index (χ1) is 6.74. The van der Waals surface area contributed by atoms with Crippen LogP contribution in [0.25, 0.3) is 0 Å². The Morgan fingerprint density at radius 1 is 1.71 bits per heavy atom. The Morgan fingerprint density at radius 2 is 2.50 bits per heavy atom. The van der Waals surface area contributed by atoms with Crippen molar-refractivity contribution in [1.29, 1.82) is 0 Å². The molecule has 1 unspecified atom stereocenters. The minimum Gasteiger partial charge on any atom is -0.480 e. The van der Waals surface area contributed by atoms with Gasteiger partial charge in [0.15, 0.2) is 0 Å². The molecule has 0 aromatic rings. The van der Waals surface area contributed by atoms with E-state index in [-0.39, 0.29) is 12.6 Å². The minimum absolute atomic E-state index is 0.0982. The molecule has 3 heteroatoms. The van der Waals surface area contributed by atoms with Gasteiger partial charge in [0.2, 0.25) is 0 Å². The van der Waals surface area contributed by atoms with E-state index in [0.717, 1.165) is 19.3 Å². The lowest BCUT2D eigenvalue weighted by Gasteiger charge is -2.28. The van der Waals surface area contributed by atoms with Crippen molar-refractivity contribution in [3.8, 4) is 0 Å². The third kappa shape index (κ3) is 3.34. The van der Waals surface area contributed by atoms with Crippen LogP contribution in [0.15, 0.2) is 24.8 Å². The molecule has 0 spiro atoms. The Hall–Kier alpha value is -1.09. The zero-order valence-corrected chi connectivity index (χ0v) is 8.35. The van der Waals surface area contributed by atoms with Gasteiger partial charge in [-0.25, -0.2) is 0 Å². The fourth-order valence-electron chi connectivity index (χ4n) is 1.76. The normalized spacial score (nSPS) is 21.1. The van der Waals surface area contributed by atoms with Crippen LogP contribution in [0.5, 0.6) is 0 Å². The van der Waals surface area contributed by atoms with Gasteiger partial charge in [0, 0.05) is 12.6 Å². The quantitative estimate of drug-likeness (QED) is 0.678. The van der Waals surface area contributed by atoms with Crippen molar-refractivity contribution in [2.75, 3.05) is 13.1 Å². The molecule has 0 radical (unpaired) electrons. The van der Waals surface area contributed by atoms with E-state index in [2.05, 4.69) is 18.7 Å². The first kappa shape index (κ1) is 11.0. The highest BCUT2D eigenvalue weighted by atomic mass is 16.4. The summed E-state index contributed by atoms with van der Waals surface area (Å²) in [5.41, 5.74) is 0. The summed E-state index contributed by atoms with van der Waals surface area (Å²) in [5, 5.41) is 8.74. The summed E-state index contributed by atoms with van der Waals surface area (Å²) in [5.74, 6) is -0.772. The van der Waals surface area contributed by atoms with Crippen molar-refractivity contribution in [2.45, 2.75) is 25.3 Å². The summed E-state index contributed by atoms with van der Waals surface area (Å²) in [4.78, 5) is 12.6. The van der Waals surface area contributed by atoms with Gasteiger partial charge >= 0.3 is 5.97 Å². The molecule has 78 valence electrons. The Morgan fingerprint density at radius 3 is 3.00 bits per heavy atom. The first-order valence-electron chi connectivity index (χ1n) is 4.97. The van der Waals surface area contributed by atoms with Gasteiger partial charge in [0.1, 0.15) is 0 Å². The summed E-state index contributed by atoms with van der Waals surface area (Å²) >= 11 is 0. The van der Waals surface area contributed by atoms with Gasteiger partial charge in [-0.15, -0.1) is 6.58 Å². The number of rotatable bonds is 5. The van der Waals surface area contributed by atoms with Crippen molar-refractivity contribution < 1.29 is 9.90 Å². The summed E-state index contributed by atoms with van der Waals surface area (Å²) in [6.07, 6.45) is 9.31. The van der Waals surface area contributed by atoms with Gasteiger partial charge < -0.3 is 5.11 Å². The molecule has 0 saturated carbocycles. The Balaban J connectivity index is 2.55. The second kappa shape index (κ2) is 5.60. The van der Waals surface area contributed by atoms with Gasteiger partial charge in [0.05, 0.1) is 6.54 Å². The van der Waals surface area contributed by atoms with Gasteiger partial charge in [0.25, 0.3) is 0 Å². The van der Waals surface area contributed by atoms with Gasteiger partial charge in [-0.1, -0.05) is 18.2 Å². The fourth-order valence-corrected chi connectivity index (χ4v) is 1.76. The molecule has 0 amide bonds. The highest BCUT2D eigenvalue weighted by Gasteiger charge is 2.18. The maximum atomic E-state index is 10.6. The lowest BCUT2D eigenvalue weighted by molar-refractivity contribution is -0.138. The fraction of sp³-hybridized carbons (Fsp3) is 0.545. The van der Waals surface area contributed by atoms with Crippen LogP contribution in [0.4, 0.5) is 0 Å². The minimum atomic E-state index is -0.772. The monoisotopic (exact) mass is 195 g/mol. The van der Waals surface area contributed by atoms with E-state index in [1.165, 1.54) is 0 Å². The Labute approximate surface area is 84.7 Å². The van der Waals surface area contributed by atoms with E-state index in [1.807, 2.05) is 4.90 Å². The zero-order valence-electron chi connectivity index (χ0n) is 8.35. The van der Waals surface area contributed by atoms with Crippen LogP contribution in [0, 0.1) is 0 Å². The standard InChI is InChI=1S/C11H17NO2/c1-2-8-12(9-11(13)14)10-6-4-3-5-7-10/h2,4,6,10H,1,3,5,7-9H2,(H,13,14). The Bertz CT molecular complexity index is 235. The molecule has 1 atom stereocenters. The largest absolute Gasteiger partial charge is 0.480 e. The number of carboxylic acid groups (broad SMARTS) is 1. The van der Waals surface area contributed by atoms with Crippen LogP contribution in [0.1, 0.15) is 19.3 Å². The third-order valence-corrected chi connectivity index (χ3v) is 2.40. The second-order valence-corrected chi connectivity index (χ2v) is 3.54. The summed E-state index contributed by atoms with van der Waals surface area (Å²) in [7, 11) is 0. The molecule has 14 heavy (non-hydrogen) atoms. The first-order valence-corrected chi connectivity index (χ1v) is 4.97. The number of nitrogens with zero attached hydrogens (tertiary/aromatic N) is 1. The van der Waals surface area contributed by atoms with E-state index in [9.17, 15) is 4.79 Å². The van der Waals surface area contributed by atoms with Crippen molar-refractivity contribution >= 4 is 5.97 Å². The molecule has 0 heterocycles. The molecule has 0 fully saturated rings. The number of carbonyl (C=O) groups is 1. The zero-order chi connectivity index (χ0) is 10.4. The van der Waals surface area contributed by atoms with E-state index >= 15 is 0 Å². The molecule has 0 saturated heterocycles. The van der Waals surface area contributed by atoms with Crippen molar-refractivity contribution in [3.63, 3.8) is 0 Å². The molecule has 3 nitrogen and oxygen atoms in total. The van der Waals surface area contributed by atoms with Crippen molar-refractivity contribution in [2.24, 2.45) is 0 Å². The van der Waals surface area contributed by atoms with Crippen LogP contribution in [-0.4, -0.2) is 35.1 Å². The molecule has 1 N–H and O–H groups in total. The van der Waals surface area contributed by atoms with Crippen LogP contribution >= 0.6 is 0 Å². The second-order valence-electron chi connectivity index (χ2n) is 3.54. The van der Waals surface area contributed by atoms with E-state index < -0.39 is 5.97 Å². The highest BCUT2D eigenvalue weighted by molar-refractivity contribution is 5.69. The highest BCUT2D eigenvalue weighted by Crippen LogP contribution is 2.16. The molecular formula is C11H17NO2. The molecule has 0 aliphatic heterocycles. The molecule has 1 rings (SSSR count). The number of carboxylic acids is 1. The topological polar surface area (TPSA) is 40.5 Å². The van der Waals surface area contributed by atoms with Crippen molar-refractivity contribution in [3.05, 3.63) is 24.8 Å². The van der Waals surface area contributed by atoms with E-state index in [1.54, 1.807) is 6.08 Å². The van der Waals surface area contributed by atoms with Crippen LogP contribution in [-0.2, 0) is 4.79 Å². The molecular weight excluding hydrogens is 178 g/mol. The molecule has 0 aromatic carbocycles. The summed E-state index contributed by atoms with van der Waals surface area (Å²) in [6, 6.07) is 0.276. The van der Waals surface area contributed by atoms with Gasteiger partial charge in [-0.3, -0.25) is 9.69 Å². The molecule has 1 aliphatic rings. The molecule has 1 aliphatic carbocycles. The predicted molar refractivity (Wildman–Crippen MR) is 56.2 cm³/mol. The molecule has 0 aromatic heterocycles. The van der Waals surface area contributed by atoms with E-state index in [0.29, 0.717) is 6.54 Å². The lowest BCUT2D eigenvalue weighted by Crippen LogP contribution is -2.38. The van der Waals surface area contributed by atoms with Crippen molar-refractivity contribution in [1.82, 2.24) is 4.90 Å². The number of allylic oxidation sites excluding steroid dienone is 1. The number of hydrogen-bond acceptors (Lipinski definition) is 2. The average Bonchev–Trinajstić information content (AvgIpc) is 2.18. The van der Waals surface area contributed by atoms with Crippen LogP contribution in [0.2, 0.25) is 0 Å². The predicted octanol–water partition coefficient (Wildman–Crippen LogP) is 1.67. The summed E-state index contributed by atoms with van der Waals surface area (Å²) in [6.45, 7) is 4.38. The number of hydrogen-bond donors (Lipinski definition) is 1. The maximum absolute atomic E-state index is 10.6. The summed E-state index contributed by atoms with van der Waals surface area (Å²) < 4.78 is 0. The lowest BCUT2D eigenvalue weighted by atomic mass is 10.0. The molecule has 0 bridgehead atoms. The van der Waals surface area contributed by atoms with E-state index in [4.69, 9.17) is 5.11 Å². The van der Waals surface area contributed by atoms with Crippen LogP contribution < -0.4 is 0 Å². The Kier molecular flexibility index (Phi) is 4.40. The SMILES string of the molecule is C=CCN(CC(=O)O)C1C=CCCC1. The number of aliphatic carboxylic acids is 1.